The molecule has 63 heavy (non-hydrogen) atoms. The number of benzene rings is 2. The molecule has 2 aromatic carbocycles. The van der Waals surface area contributed by atoms with Crippen molar-refractivity contribution in [3.63, 3.8) is 0 Å². The number of rotatable bonds is 10. The molecule has 340 valence electrons. The second-order valence-electron chi connectivity index (χ2n) is 18.6. The van der Waals surface area contributed by atoms with E-state index in [-0.39, 0.29) is 48.3 Å². The maximum Gasteiger partial charge on any atom is 0.243 e. The fourth-order valence-electron chi connectivity index (χ4n) is 8.44. The summed E-state index contributed by atoms with van der Waals surface area (Å²) in [5, 5.41) is 22.8. The van der Waals surface area contributed by atoms with E-state index in [1.165, 1.54) is 11.8 Å². The van der Waals surface area contributed by atoms with Crippen molar-refractivity contribution in [1.82, 2.24) is 47.2 Å². The first kappa shape index (κ1) is 47.1. The van der Waals surface area contributed by atoms with E-state index in [4.69, 9.17) is 0 Å². The molecule has 2 bridgehead atoms. The number of para-hydroxylation sites is 2. The normalized spacial score (nSPS) is 26.1. The topological polar surface area (TPSA) is 218 Å². The first-order chi connectivity index (χ1) is 30.0. The summed E-state index contributed by atoms with van der Waals surface area (Å²) >= 11 is 1.50. The van der Waals surface area contributed by atoms with Gasteiger partial charge >= 0.3 is 0 Å². The van der Waals surface area contributed by atoms with Crippen molar-refractivity contribution in [2.45, 2.75) is 129 Å². The van der Waals surface area contributed by atoms with Crippen molar-refractivity contribution in [1.29, 1.82) is 0 Å². The Morgan fingerprint density at radius 3 is 1.48 bits per heavy atom. The molecular weight excluding hydrogens is 819 g/mol. The van der Waals surface area contributed by atoms with Crippen molar-refractivity contribution in [2.24, 2.45) is 23.7 Å². The summed E-state index contributed by atoms with van der Waals surface area (Å²) in [6.45, 7) is 15.3. The third kappa shape index (κ3) is 11.8. The number of carbonyl (C=O) groups is 6. The number of amides is 6. The van der Waals surface area contributed by atoms with E-state index < -0.39 is 77.7 Å². The van der Waals surface area contributed by atoms with Gasteiger partial charge in [-0.25, -0.2) is 0 Å². The Labute approximate surface area is 374 Å². The zero-order chi connectivity index (χ0) is 45.5. The van der Waals surface area contributed by atoms with Crippen LogP contribution >= 0.6 is 11.8 Å². The number of nitrogens with one attached hydrogen (secondary N) is 9. The third-order valence-electron chi connectivity index (χ3n) is 11.9. The first-order valence-corrected chi connectivity index (χ1v) is 23.3. The molecule has 2 aromatic heterocycles. The molecule has 16 heteroatoms. The van der Waals surface area contributed by atoms with Gasteiger partial charge in [-0.15, -0.1) is 11.8 Å². The second-order valence-corrected chi connectivity index (χ2v) is 19.8. The van der Waals surface area contributed by atoms with Crippen molar-refractivity contribution >= 4 is 69.0 Å². The molecule has 9 N–H and O–H groups in total. The summed E-state index contributed by atoms with van der Waals surface area (Å²) in [7, 11) is 0. The molecule has 6 amide bonds. The minimum atomic E-state index is -1.14. The highest BCUT2D eigenvalue weighted by Gasteiger charge is 2.40. The molecule has 2 aliphatic rings. The van der Waals surface area contributed by atoms with Gasteiger partial charge in [0.05, 0.1) is 17.5 Å². The number of H-pyrrole nitrogens is 2. The van der Waals surface area contributed by atoms with Crippen LogP contribution in [0.25, 0.3) is 21.8 Å². The van der Waals surface area contributed by atoms with E-state index in [1.807, 2.05) is 96.3 Å². The molecule has 0 spiro atoms. The summed E-state index contributed by atoms with van der Waals surface area (Å²) in [5.41, 5.74) is 3.36. The summed E-state index contributed by atoms with van der Waals surface area (Å²) < 4.78 is 0. The van der Waals surface area contributed by atoms with Crippen LogP contribution in [0.5, 0.6) is 0 Å². The van der Waals surface area contributed by atoms with Gasteiger partial charge in [0.1, 0.15) is 30.2 Å². The molecular formula is C47H65N9O6S. The first-order valence-electron chi connectivity index (χ1n) is 22.3. The predicted octanol–water partition coefficient (Wildman–Crippen LogP) is 3.79. The lowest BCUT2D eigenvalue weighted by Crippen LogP contribution is -2.61. The molecule has 0 aliphatic carbocycles. The Morgan fingerprint density at radius 1 is 0.524 bits per heavy atom. The lowest BCUT2D eigenvalue weighted by molar-refractivity contribution is -0.136. The molecule has 2 aliphatic heterocycles. The SMILES string of the molecule is CC(C)C[C@H]1NC(=O)[C@@H]2CSC(N2)[C@H](C(C)C)NC(=O)[C@@H](Cc2c[nH]c3ccccc23)NC(=O)[C@H](C(C)C)NC(=O)[C@@H](CC(C)C)NC(=O)[C@H](Cc2c[nH]c3ccccc23)NC1=O. The Morgan fingerprint density at radius 2 is 0.968 bits per heavy atom. The standard InChI is InChI=1S/C47H65N9O6S/c1-24(2)17-34-41(57)52-36(19-28-21-48-32-15-11-9-13-30(28)32)42(58)50-35(18-25(3)4)43(59)55-39(26(5)6)46(62)53-37(20-29-22-49-33-16-12-10-14-31(29)33)44(60)56-40(27(7)8)47-54-38(23-63-47)45(61)51-34/h9-16,21-22,24-27,34-40,47-49,54H,17-20,23H2,1-8H3,(H,50,58)(H,51,61)(H,52,57)(H,53,62)(H,55,59)(H,56,60)/t34-,35-,36+,37-,38+,39+,40+,47?/m1/s1. The van der Waals surface area contributed by atoms with Gasteiger partial charge in [0.15, 0.2) is 0 Å². The maximum atomic E-state index is 14.5. The molecule has 2 saturated heterocycles. The van der Waals surface area contributed by atoms with E-state index in [1.54, 1.807) is 20.0 Å². The second kappa shape index (κ2) is 20.9. The zero-order valence-corrected chi connectivity index (χ0v) is 38.4. The fourth-order valence-corrected chi connectivity index (χ4v) is 9.94. The minimum absolute atomic E-state index is 0.0113. The number of fused-ring (bicyclic) bond motifs is 4. The van der Waals surface area contributed by atoms with E-state index in [9.17, 15) is 28.8 Å². The summed E-state index contributed by atoms with van der Waals surface area (Å²) in [5.74, 6) is -3.16. The Hall–Kier alpha value is -5.35. The van der Waals surface area contributed by atoms with Gasteiger partial charge in [0.25, 0.3) is 0 Å². The number of carbonyl (C=O) groups excluding carboxylic acids is 6. The third-order valence-corrected chi connectivity index (χ3v) is 13.2. The van der Waals surface area contributed by atoms with E-state index in [0.29, 0.717) is 12.2 Å². The largest absolute Gasteiger partial charge is 0.361 e. The van der Waals surface area contributed by atoms with Gasteiger partial charge in [-0.3, -0.25) is 34.1 Å². The van der Waals surface area contributed by atoms with Crippen LogP contribution < -0.4 is 37.2 Å². The fraction of sp³-hybridized carbons (Fsp3) is 0.532. The van der Waals surface area contributed by atoms with E-state index in [2.05, 4.69) is 47.2 Å². The summed E-state index contributed by atoms with van der Waals surface area (Å²) in [6.07, 6.45) is 4.43. The molecule has 1 unspecified atom stereocenters. The quantitative estimate of drug-likeness (QED) is 0.114. The highest BCUT2D eigenvalue weighted by atomic mass is 32.2. The molecule has 6 rings (SSSR count). The van der Waals surface area contributed by atoms with Gasteiger partial charge in [0.2, 0.25) is 35.4 Å². The van der Waals surface area contributed by atoms with Crippen LogP contribution in [0.3, 0.4) is 0 Å². The van der Waals surface area contributed by atoms with Crippen LogP contribution in [0.2, 0.25) is 0 Å². The number of hydrogen-bond donors (Lipinski definition) is 9. The lowest BCUT2D eigenvalue weighted by atomic mass is 9.97. The average molecular weight is 884 g/mol. The van der Waals surface area contributed by atoms with Crippen LogP contribution in [0.1, 0.15) is 79.4 Å². The Bertz CT molecular complexity index is 2270. The van der Waals surface area contributed by atoms with Gasteiger partial charge in [-0.2, -0.15) is 0 Å². The van der Waals surface area contributed by atoms with Crippen LogP contribution in [0.15, 0.2) is 60.9 Å². The van der Waals surface area contributed by atoms with Crippen molar-refractivity contribution in [3.8, 4) is 0 Å². The molecule has 4 heterocycles. The van der Waals surface area contributed by atoms with Crippen molar-refractivity contribution in [3.05, 3.63) is 72.1 Å². The van der Waals surface area contributed by atoms with Crippen molar-refractivity contribution < 1.29 is 28.8 Å². The Balaban J connectivity index is 1.38. The Kier molecular flexibility index (Phi) is 15.6. The van der Waals surface area contributed by atoms with Crippen molar-refractivity contribution in [2.75, 3.05) is 5.75 Å². The number of hydrogen-bond acceptors (Lipinski definition) is 8. The van der Waals surface area contributed by atoms with Crippen LogP contribution in [-0.4, -0.2) is 98.8 Å². The summed E-state index contributed by atoms with van der Waals surface area (Å²) in [6, 6.07) is 8.95. The van der Waals surface area contributed by atoms with Gasteiger partial charge < -0.3 is 41.9 Å². The molecule has 4 aromatic rings. The minimum Gasteiger partial charge on any atom is -0.361 e. The predicted molar refractivity (Wildman–Crippen MR) is 247 cm³/mol. The zero-order valence-electron chi connectivity index (χ0n) is 37.6. The molecule has 0 radical (unpaired) electrons. The van der Waals surface area contributed by atoms with Gasteiger partial charge in [-0.05, 0) is 59.8 Å². The highest BCUT2D eigenvalue weighted by molar-refractivity contribution is 8.00. The average Bonchev–Trinajstić information content (AvgIpc) is 3.99. The maximum absolute atomic E-state index is 14.5. The van der Waals surface area contributed by atoms with E-state index >= 15 is 0 Å². The number of aromatic amines is 2. The molecule has 2 fully saturated rings. The molecule has 0 saturated carbocycles. The summed E-state index contributed by atoms with van der Waals surface area (Å²) in [4.78, 5) is 92.6. The van der Waals surface area contributed by atoms with Crippen LogP contribution in [0.4, 0.5) is 0 Å². The van der Waals surface area contributed by atoms with Crippen LogP contribution in [-0.2, 0) is 41.6 Å². The van der Waals surface area contributed by atoms with E-state index in [0.717, 1.165) is 32.9 Å². The monoisotopic (exact) mass is 883 g/mol. The number of thioether (sulfide) groups is 1. The van der Waals surface area contributed by atoms with Gasteiger partial charge in [-0.1, -0.05) is 91.8 Å². The number of aromatic nitrogens is 2. The van der Waals surface area contributed by atoms with Crippen LogP contribution in [0, 0.1) is 23.7 Å². The van der Waals surface area contributed by atoms with Gasteiger partial charge in [0, 0.05) is 52.8 Å². The molecule has 8 atom stereocenters. The lowest BCUT2D eigenvalue weighted by Gasteiger charge is -2.31. The highest BCUT2D eigenvalue weighted by Crippen LogP contribution is 2.27. The molecule has 15 nitrogen and oxygen atoms in total. The smallest absolute Gasteiger partial charge is 0.243 e.